The Kier molecular flexibility index (Phi) is 4.01. The molecule has 1 aromatic heterocycles. The molecule has 0 aliphatic rings. The van der Waals surface area contributed by atoms with Crippen LogP contribution in [0.15, 0.2) is 4.79 Å². The highest BCUT2D eigenvalue weighted by Crippen LogP contribution is 2.09. The van der Waals surface area contributed by atoms with Crippen molar-refractivity contribution in [1.82, 2.24) is 15.1 Å². The molecule has 0 bridgehead atoms. The summed E-state index contributed by atoms with van der Waals surface area (Å²) >= 11 is 0. The van der Waals surface area contributed by atoms with Crippen molar-refractivity contribution in [3.05, 3.63) is 27.2 Å². The highest BCUT2D eigenvalue weighted by molar-refractivity contribution is 5.95. The van der Waals surface area contributed by atoms with E-state index in [1.54, 1.807) is 27.8 Å². The molecule has 0 spiro atoms. The number of aliphatic hydroxyl groups is 1. The third-order valence-corrected chi connectivity index (χ3v) is 2.93. The van der Waals surface area contributed by atoms with E-state index < -0.39 is 11.5 Å². The fraction of sp³-hybridized carbons (Fsp3) is 0.545. The number of carbonyl (C=O) groups is 1. The summed E-state index contributed by atoms with van der Waals surface area (Å²) in [5.41, 5.74) is 0.754. The van der Waals surface area contributed by atoms with E-state index in [4.69, 9.17) is 5.11 Å². The SMILES string of the molecule is Cc1n[nH]c(=O)c(C(=O)N(C)C(C)CO)c1C. The van der Waals surface area contributed by atoms with Gasteiger partial charge in [0.15, 0.2) is 0 Å². The van der Waals surface area contributed by atoms with Gasteiger partial charge in [-0.2, -0.15) is 5.10 Å². The van der Waals surface area contributed by atoms with Gasteiger partial charge in [-0.25, -0.2) is 5.10 Å². The van der Waals surface area contributed by atoms with Crippen LogP contribution in [-0.2, 0) is 0 Å². The molecule has 1 heterocycles. The lowest BCUT2D eigenvalue weighted by atomic mass is 10.1. The van der Waals surface area contributed by atoms with E-state index >= 15 is 0 Å². The molecule has 1 atom stereocenters. The molecule has 1 aromatic rings. The molecule has 0 aromatic carbocycles. The number of amides is 1. The molecule has 0 saturated carbocycles. The average Bonchev–Trinajstić information content (AvgIpc) is 2.32. The van der Waals surface area contributed by atoms with Crippen LogP contribution in [0.3, 0.4) is 0 Å². The number of likely N-dealkylation sites (N-methyl/N-ethyl adjacent to an activating group) is 1. The molecule has 94 valence electrons. The first kappa shape index (κ1) is 13.4. The lowest BCUT2D eigenvalue weighted by Crippen LogP contribution is -2.40. The Morgan fingerprint density at radius 1 is 1.53 bits per heavy atom. The molecule has 0 aliphatic heterocycles. The maximum atomic E-state index is 12.1. The highest BCUT2D eigenvalue weighted by Gasteiger charge is 2.22. The van der Waals surface area contributed by atoms with Crippen molar-refractivity contribution in [2.24, 2.45) is 0 Å². The van der Waals surface area contributed by atoms with Crippen LogP contribution in [0.4, 0.5) is 0 Å². The fourth-order valence-corrected chi connectivity index (χ4v) is 1.38. The summed E-state index contributed by atoms with van der Waals surface area (Å²) in [6, 6.07) is -0.338. The molecule has 0 aliphatic carbocycles. The first-order valence-electron chi connectivity index (χ1n) is 5.34. The minimum absolute atomic E-state index is 0.0836. The van der Waals surface area contributed by atoms with Gasteiger partial charge in [0.2, 0.25) is 0 Å². The minimum Gasteiger partial charge on any atom is -0.394 e. The summed E-state index contributed by atoms with van der Waals surface area (Å²) in [7, 11) is 1.55. The number of nitrogens with one attached hydrogen (secondary N) is 1. The van der Waals surface area contributed by atoms with E-state index in [9.17, 15) is 9.59 Å². The number of aromatic amines is 1. The maximum absolute atomic E-state index is 12.1. The van der Waals surface area contributed by atoms with Crippen LogP contribution in [-0.4, -0.2) is 45.8 Å². The van der Waals surface area contributed by atoms with Gasteiger partial charge in [-0.3, -0.25) is 9.59 Å². The standard InChI is InChI=1S/C11H17N3O3/c1-6(5-15)14(4)11(17)9-7(2)8(3)12-13-10(9)16/h6,15H,5H2,1-4H3,(H,13,16). The zero-order valence-electron chi connectivity index (χ0n) is 10.4. The van der Waals surface area contributed by atoms with E-state index in [1.807, 2.05) is 0 Å². The van der Waals surface area contributed by atoms with Crippen LogP contribution in [0.2, 0.25) is 0 Å². The van der Waals surface area contributed by atoms with Gasteiger partial charge < -0.3 is 10.0 Å². The second-order valence-electron chi connectivity index (χ2n) is 4.09. The molecule has 1 rings (SSSR count). The molecule has 1 unspecified atom stereocenters. The van der Waals surface area contributed by atoms with Crippen molar-refractivity contribution in [2.75, 3.05) is 13.7 Å². The number of nitrogens with zero attached hydrogens (tertiary/aromatic N) is 2. The van der Waals surface area contributed by atoms with Gasteiger partial charge >= 0.3 is 0 Å². The average molecular weight is 239 g/mol. The van der Waals surface area contributed by atoms with Gasteiger partial charge in [-0.15, -0.1) is 0 Å². The Hall–Kier alpha value is -1.69. The predicted molar refractivity (Wildman–Crippen MR) is 63.0 cm³/mol. The number of hydrogen-bond acceptors (Lipinski definition) is 4. The Labute approximate surface area is 99.3 Å². The summed E-state index contributed by atoms with van der Waals surface area (Å²) in [5.74, 6) is -0.407. The van der Waals surface area contributed by atoms with E-state index in [0.717, 1.165) is 0 Å². The van der Waals surface area contributed by atoms with Gasteiger partial charge in [-0.1, -0.05) is 0 Å². The second kappa shape index (κ2) is 5.09. The maximum Gasteiger partial charge on any atom is 0.277 e. The molecule has 0 radical (unpaired) electrons. The van der Waals surface area contributed by atoms with Crippen molar-refractivity contribution >= 4 is 5.91 Å². The zero-order valence-corrected chi connectivity index (χ0v) is 10.4. The summed E-state index contributed by atoms with van der Waals surface area (Å²) < 4.78 is 0. The number of aryl methyl sites for hydroxylation is 1. The number of aliphatic hydroxyl groups excluding tert-OH is 1. The molecule has 2 N–H and O–H groups in total. The molecule has 1 amide bonds. The lowest BCUT2D eigenvalue weighted by molar-refractivity contribution is 0.0679. The van der Waals surface area contributed by atoms with Crippen LogP contribution < -0.4 is 5.56 Å². The van der Waals surface area contributed by atoms with Crippen molar-refractivity contribution in [3.63, 3.8) is 0 Å². The Morgan fingerprint density at radius 3 is 2.65 bits per heavy atom. The Bertz CT molecular complexity index is 481. The smallest absolute Gasteiger partial charge is 0.277 e. The van der Waals surface area contributed by atoms with Gasteiger partial charge in [0, 0.05) is 7.05 Å². The van der Waals surface area contributed by atoms with E-state index in [-0.39, 0.29) is 18.2 Å². The summed E-state index contributed by atoms with van der Waals surface area (Å²) in [6.45, 7) is 4.96. The number of hydrogen-bond donors (Lipinski definition) is 2. The fourth-order valence-electron chi connectivity index (χ4n) is 1.38. The van der Waals surface area contributed by atoms with Crippen molar-refractivity contribution in [2.45, 2.75) is 26.8 Å². The topological polar surface area (TPSA) is 86.3 Å². The van der Waals surface area contributed by atoms with Crippen molar-refractivity contribution in [1.29, 1.82) is 0 Å². The van der Waals surface area contributed by atoms with Crippen LogP contribution >= 0.6 is 0 Å². The first-order valence-corrected chi connectivity index (χ1v) is 5.34. The third-order valence-electron chi connectivity index (χ3n) is 2.93. The van der Waals surface area contributed by atoms with E-state index in [1.165, 1.54) is 4.90 Å². The monoisotopic (exact) mass is 239 g/mol. The van der Waals surface area contributed by atoms with Crippen LogP contribution in [0.5, 0.6) is 0 Å². The molecular formula is C11H17N3O3. The molecule has 0 saturated heterocycles. The minimum atomic E-state index is -0.505. The van der Waals surface area contributed by atoms with E-state index in [2.05, 4.69) is 10.2 Å². The molecular weight excluding hydrogens is 222 g/mol. The molecule has 17 heavy (non-hydrogen) atoms. The third kappa shape index (κ3) is 2.52. The van der Waals surface area contributed by atoms with Crippen molar-refractivity contribution < 1.29 is 9.90 Å². The number of H-pyrrole nitrogens is 1. The van der Waals surface area contributed by atoms with Crippen LogP contribution in [0, 0.1) is 13.8 Å². The van der Waals surface area contributed by atoms with Crippen molar-refractivity contribution in [3.8, 4) is 0 Å². The zero-order chi connectivity index (χ0) is 13.2. The number of rotatable bonds is 3. The second-order valence-corrected chi connectivity index (χ2v) is 4.09. The highest BCUT2D eigenvalue weighted by atomic mass is 16.3. The quantitative estimate of drug-likeness (QED) is 0.767. The normalized spacial score (nSPS) is 12.3. The number of aromatic nitrogens is 2. The summed E-state index contributed by atoms with van der Waals surface area (Å²) in [5, 5.41) is 15.1. The van der Waals surface area contributed by atoms with Gasteiger partial charge in [0.05, 0.1) is 18.3 Å². The van der Waals surface area contributed by atoms with Gasteiger partial charge in [0.25, 0.3) is 11.5 Å². The van der Waals surface area contributed by atoms with E-state index in [0.29, 0.717) is 11.3 Å². The van der Waals surface area contributed by atoms with Gasteiger partial charge in [-0.05, 0) is 26.3 Å². The van der Waals surface area contributed by atoms with Crippen LogP contribution in [0.1, 0.15) is 28.5 Å². The largest absolute Gasteiger partial charge is 0.394 e. The lowest BCUT2D eigenvalue weighted by Gasteiger charge is -2.23. The first-order chi connectivity index (χ1) is 7.90. The van der Waals surface area contributed by atoms with Gasteiger partial charge in [0.1, 0.15) is 5.56 Å². The molecule has 0 fully saturated rings. The summed E-state index contributed by atoms with van der Waals surface area (Å²) in [4.78, 5) is 25.1. The Morgan fingerprint density at radius 2 is 2.12 bits per heavy atom. The number of carbonyl (C=O) groups excluding carboxylic acids is 1. The molecule has 6 nitrogen and oxygen atoms in total. The summed E-state index contributed by atoms with van der Waals surface area (Å²) in [6.07, 6.45) is 0. The molecule has 6 heteroatoms. The van der Waals surface area contributed by atoms with Crippen LogP contribution in [0.25, 0.3) is 0 Å². The predicted octanol–water partition coefficient (Wildman–Crippen LogP) is -0.160. The Balaban J connectivity index is 3.21.